The van der Waals surface area contributed by atoms with E-state index in [0.29, 0.717) is 11.1 Å². The van der Waals surface area contributed by atoms with Crippen LogP contribution in [-0.2, 0) is 16.0 Å². The van der Waals surface area contributed by atoms with E-state index in [0.717, 1.165) is 0 Å². The number of hydrogen-bond donors (Lipinski definition) is 4. The molecular formula is C14H18N2O5. The third-order valence-corrected chi connectivity index (χ3v) is 2.99. The Morgan fingerprint density at radius 2 is 1.76 bits per heavy atom. The number of benzene rings is 1. The lowest BCUT2D eigenvalue weighted by molar-refractivity contribution is -0.139. The van der Waals surface area contributed by atoms with Gasteiger partial charge in [-0.3, -0.25) is 14.4 Å². The summed E-state index contributed by atoms with van der Waals surface area (Å²) in [5.41, 5.74) is 12.0. The summed E-state index contributed by atoms with van der Waals surface area (Å²) in [4.78, 5) is 33.2. The van der Waals surface area contributed by atoms with E-state index in [4.69, 9.17) is 21.7 Å². The molecule has 1 aromatic rings. The van der Waals surface area contributed by atoms with Crippen LogP contribution in [0.25, 0.3) is 0 Å². The summed E-state index contributed by atoms with van der Waals surface area (Å²) >= 11 is 0. The smallest absolute Gasteiger partial charge is 0.320 e. The summed E-state index contributed by atoms with van der Waals surface area (Å²) in [6.07, 6.45) is -0.0374. The Morgan fingerprint density at radius 1 is 1.10 bits per heavy atom. The Balaban J connectivity index is 2.77. The van der Waals surface area contributed by atoms with Crippen LogP contribution < -0.4 is 11.5 Å². The van der Waals surface area contributed by atoms with Crippen LogP contribution in [0.15, 0.2) is 24.3 Å². The van der Waals surface area contributed by atoms with Crippen LogP contribution in [0.1, 0.15) is 28.8 Å². The van der Waals surface area contributed by atoms with Crippen LogP contribution in [0.3, 0.4) is 0 Å². The molecule has 0 unspecified atom stereocenters. The second kappa shape index (κ2) is 7.51. The number of carboxylic acids is 2. The summed E-state index contributed by atoms with van der Waals surface area (Å²) in [5, 5.41) is 17.3. The standard InChI is InChI=1S/C14H18N2O5/c15-10(4-5-12(17)18)13(19)9-3-1-2-8(6-9)7-11(16)14(20)21/h1-3,6,10-11H,4-5,7,15-16H2,(H,17,18)(H,20,21)/t10-,11-/m0/s1. The predicted octanol–water partition coefficient (Wildman–Crippen LogP) is 0.0158. The molecule has 0 amide bonds. The van der Waals surface area contributed by atoms with Gasteiger partial charge in [0, 0.05) is 12.0 Å². The molecule has 114 valence electrons. The normalized spacial score (nSPS) is 13.4. The van der Waals surface area contributed by atoms with Crippen LogP contribution in [0.2, 0.25) is 0 Å². The fourth-order valence-corrected chi connectivity index (χ4v) is 1.82. The summed E-state index contributed by atoms with van der Waals surface area (Å²) in [5.74, 6) is -2.51. The first-order chi connectivity index (χ1) is 9.81. The average molecular weight is 294 g/mol. The van der Waals surface area contributed by atoms with Crippen LogP contribution in [-0.4, -0.2) is 40.0 Å². The Morgan fingerprint density at radius 3 is 2.33 bits per heavy atom. The Kier molecular flexibility index (Phi) is 6.01. The van der Waals surface area contributed by atoms with E-state index in [9.17, 15) is 14.4 Å². The molecule has 7 nitrogen and oxygen atoms in total. The number of carbonyl (C=O) groups is 3. The zero-order chi connectivity index (χ0) is 16.0. The zero-order valence-electron chi connectivity index (χ0n) is 11.4. The maximum atomic E-state index is 12.1. The van der Waals surface area contributed by atoms with Gasteiger partial charge in [-0.15, -0.1) is 0 Å². The largest absolute Gasteiger partial charge is 0.481 e. The fraction of sp³-hybridized carbons (Fsp3) is 0.357. The molecule has 0 bridgehead atoms. The predicted molar refractivity (Wildman–Crippen MR) is 74.9 cm³/mol. The minimum absolute atomic E-state index is 0.0486. The van der Waals surface area contributed by atoms with Crippen molar-refractivity contribution >= 4 is 17.7 Å². The number of hydrogen-bond acceptors (Lipinski definition) is 5. The summed E-state index contributed by atoms with van der Waals surface area (Å²) in [6.45, 7) is 0. The third kappa shape index (κ3) is 5.33. The van der Waals surface area contributed by atoms with Crippen LogP contribution in [0.5, 0.6) is 0 Å². The molecular weight excluding hydrogens is 276 g/mol. The summed E-state index contributed by atoms with van der Waals surface area (Å²) < 4.78 is 0. The maximum absolute atomic E-state index is 12.1. The molecule has 6 N–H and O–H groups in total. The number of carboxylic acid groups (broad SMARTS) is 2. The monoisotopic (exact) mass is 294 g/mol. The van der Waals surface area contributed by atoms with E-state index < -0.39 is 24.0 Å². The van der Waals surface area contributed by atoms with Crippen molar-refractivity contribution in [3.63, 3.8) is 0 Å². The fourth-order valence-electron chi connectivity index (χ4n) is 1.82. The SMILES string of the molecule is N[C@@H](Cc1cccc(C(=O)[C@@H](N)CCC(=O)O)c1)C(=O)O. The summed E-state index contributed by atoms with van der Waals surface area (Å²) in [7, 11) is 0. The van der Waals surface area contributed by atoms with Crippen molar-refractivity contribution in [2.75, 3.05) is 0 Å². The highest BCUT2D eigenvalue weighted by atomic mass is 16.4. The van der Waals surface area contributed by atoms with Crippen molar-refractivity contribution < 1.29 is 24.6 Å². The van der Waals surface area contributed by atoms with Gasteiger partial charge in [-0.2, -0.15) is 0 Å². The van der Waals surface area contributed by atoms with Gasteiger partial charge in [-0.1, -0.05) is 18.2 Å². The van der Waals surface area contributed by atoms with Gasteiger partial charge >= 0.3 is 11.9 Å². The molecule has 2 atom stereocenters. The Hall–Kier alpha value is -2.25. The highest BCUT2D eigenvalue weighted by Crippen LogP contribution is 2.11. The van der Waals surface area contributed by atoms with Crippen LogP contribution >= 0.6 is 0 Å². The van der Waals surface area contributed by atoms with E-state index in [1.165, 1.54) is 6.07 Å². The highest BCUT2D eigenvalue weighted by Gasteiger charge is 2.18. The number of ketones is 1. The lowest BCUT2D eigenvalue weighted by Crippen LogP contribution is -2.33. The lowest BCUT2D eigenvalue weighted by atomic mass is 9.97. The van der Waals surface area contributed by atoms with Gasteiger partial charge in [0.15, 0.2) is 5.78 Å². The Labute approximate surface area is 121 Å². The van der Waals surface area contributed by atoms with Gasteiger partial charge in [0.05, 0.1) is 6.04 Å². The van der Waals surface area contributed by atoms with Crippen molar-refractivity contribution in [1.82, 2.24) is 0 Å². The van der Waals surface area contributed by atoms with Crippen molar-refractivity contribution in [2.24, 2.45) is 11.5 Å². The second-order valence-electron chi connectivity index (χ2n) is 4.75. The molecule has 0 saturated heterocycles. The molecule has 0 heterocycles. The molecule has 0 saturated carbocycles. The van der Waals surface area contributed by atoms with Gasteiger partial charge in [0.1, 0.15) is 6.04 Å². The van der Waals surface area contributed by atoms with Gasteiger partial charge in [0.2, 0.25) is 0 Å². The highest BCUT2D eigenvalue weighted by molar-refractivity contribution is 6.00. The van der Waals surface area contributed by atoms with E-state index in [1.807, 2.05) is 0 Å². The molecule has 0 spiro atoms. The first kappa shape index (κ1) is 16.8. The van der Waals surface area contributed by atoms with E-state index in [-0.39, 0.29) is 25.0 Å². The van der Waals surface area contributed by atoms with Crippen molar-refractivity contribution in [2.45, 2.75) is 31.3 Å². The minimum Gasteiger partial charge on any atom is -0.481 e. The molecule has 0 aliphatic rings. The molecule has 0 radical (unpaired) electrons. The molecule has 0 aliphatic heterocycles. The number of Topliss-reactive ketones (excluding diaryl/α,β-unsaturated/α-hetero) is 1. The van der Waals surface area contributed by atoms with Crippen molar-refractivity contribution in [1.29, 1.82) is 0 Å². The van der Waals surface area contributed by atoms with Gasteiger partial charge in [-0.25, -0.2) is 0 Å². The van der Waals surface area contributed by atoms with E-state index in [2.05, 4.69) is 0 Å². The van der Waals surface area contributed by atoms with E-state index >= 15 is 0 Å². The quantitative estimate of drug-likeness (QED) is 0.494. The van der Waals surface area contributed by atoms with Crippen LogP contribution in [0.4, 0.5) is 0 Å². The second-order valence-corrected chi connectivity index (χ2v) is 4.75. The molecule has 21 heavy (non-hydrogen) atoms. The molecule has 0 fully saturated rings. The molecule has 1 aromatic carbocycles. The number of nitrogens with two attached hydrogens (primary N) is 2. The van der Waals surface area contributed by atoms with Crippen LogP contribution in [0, 0.1) is 0 Å². The average Bonchev–Trinajstić information content (AvgIpc) is 2.44. The summed E-state index contributed by atoms with van der Waals surface area (Å²) in [6, 6.07) is 4.43. The number of carbonyl (C=O) groups excluding carboxylic acids is 1. The first-order valence-electron chi connectivity index (χ1n) is 6.40. The molecule has 1 rings (SSSR count). The topological polar surface area (TPSA) is 144 Å². The maximum Gasteiger partial charge on any atom is 0.320 e. The molecule has 7 heteroatoms. The third-order valence-electron chi connectivity index (χ3n) is 2.99. The zero-order valence-corrected chi connectivity index (χ0v) is 11.4. The van der Waals surface area contributed by atoms with Crippen molar-refractivity contribution in [3.8, 4) is 0 Å². The van der Waals surface area contributed by atoms with Gasteiger partial charge in [-0.05, 0) is 24.5 Å². The molecule has 0 aromatic heterocycles. The van der Waals surface area contributed by atoms with E-state index in [1.54, 1.807) is 18.2 Å². The first-order valence-corrected chi connectivity index (χ1v) is 6.40. The lowest BCUT2D eigenvalue weighted by Gasteiger charge is -2.11. The van der Waals surface area contributed by atoms with Crippen molar-refractivity contribution in [3.05, 3.63) is 35.4 Å². The molecule has 0 aliphatic carbocycles. The van der Waals surface area contributed by atoms with Gasteiger partial charge in [0.25, 0.3) is 0 Å². The minimum atomic E-state index is -1.12. The van der Waals surface area contributed by atoms with Gasteiger partial charge < -0.3 is 21.7 Å². The Bertz CT molecular complexity index is 544. The number of aliphatic carboxylic acids is 2. The number of rotatable bonds is 8.